The highest BCUT2D eigenvalue weighted by atomic mass is 16.4. The molecule has 2 aromatic rings. The van der Waals surface area contributed by atoms with Crippen LogP contribution in [0.4, 0.5) is 0 Å². The standard InChI is InChI=1S/C20H24N2O5/c21-15(11-13-7-3-1-4-8-13)17(23)19(25)22-16(18(24)20(26)27)12-14-9-5-2-6-10-14/h1-10,15-18,23-24H,11-12,21H2,(H,22,25)(H,26,27)/t15-,16-,17+,18+/m1/s1. The van der Waals surface area contributed by atoms with Gasteiger partial charge in [-0.15, -0.1) is 0 Å². The van der Waals surface area contributed by atoms with Crippen LogP contribution < -0.4 is 11.1 Å². The highest BCUT2D eigenvalue weighted by Gasteiger charge is 2.31. The average Bonchev–Trinajstić information content (AvgIpc) is 2.67. The van der Waals surface area contributed by atoms with Crippen LogP contribution in [0.3, 0.4) is 0 Å². The summed E-state index contributed by atoms with van der Waals surface area (Å²) in [5.74, 6) is -2.28. The van der Waals surface area contributed by atoms with Crippen LogP contribution in [0.25, 0.3) is 0 Å². The number of nitrogens with two attached hydrogens (primary N) is 1. The third kappa shape index (κ3) is 6.18. The number of aliphatic hydroxyl groups excluding tert-OH is 2. The van der Waals surface area contributed by atoms with E-state index in [1.807, 2.05) is 30.3 Å². The number of carbonyl (C=O) groups excluding carboxylic acids is 1. The van der Waals surface area contributed by atoms with Gasteiger partial charge in [-0.05, 0) is 24.0 Å². The quantitative estimate of drug-likeness (QED) is 0.424. The predicted octanol–water partition coefficient (Wildman–Crippen LogP) is 0.0903. The number of carboxylic acids is 1. The van der Waals surface area contributed by atoms with Crippen molar-refractivity contribution in [1.29, 1.82) is 0 Å². The van der Waals surface area contributed by atoms with Crippen molar-refractivity contribution in [2.24, 2.45) is 5.73 Å². The van der Waals surface area contributed by atoms with Crippen LogP contribution in [0.5, 0.6) is 0 Å². The van der Waals surface area contributed by atoms with Crippen molar-refractivity contribution in [2.75, 3.05) is 0 Å². The normalized spacial score (nSPS) is 15.4. The number of nitrogens with one attached hydrogen (secondary N) is 1. The summed E-state index contributed by atoms with van der Waals surface area (Å²) in [6.07, 6.45) is -2.97. The molecule has 0 heterocycles. The molecule has 0 saturated heterocycles. The first-order chi connectivity index (χ1) is 12.9. The lowest BCUT2D eigenvalue weighted by Crippen LogP contribution is -2.54. The molecule has 0 radical (unpaired) electrons. The van der Waals surface area contributed by atoms with E-state index in [-0.39, 0.29) is 12.8 Å². The molecule has 0 unspecified atom stereocenters. The van der Waals surface area contributed by atoms with Gasteiger partial charge in [0.2, 0.25) is 0 Å². The van der Waals surface area contributed by atoms with Crippen LogP contribution in [0, 0.1) is 0 Å². The molecule has 0 aliphatic rings. The van der Waals surface area contributed by atoms with E-state index in [0.717, 1.165) is 11.1 Å². The zero-order chi connectivity index (χ0) is 19.8. The van der Waals surface area contributed by atoms with E-state index in [1.165, 1.54) is 0 Å². The lowest BCUT2D eigenvalue weighted by molar-refractivity contribution is -0.149. The molecule has 7 nitrogen and oxygen atoms in total. The SMILES string of the molecule is N[C@H](Cc1ccccc1)[C@H](O)C(=O)N[C@H](Cc1ccccc1)[C@H](O)C(=O)O. The molecular weight excluding hydrogens is 348 g/mol. The second-order valence-corrected chi connectivity index (χ2v) is 6.39. The van der Waals surface area contributed by atoms with Crippen LogP contribution in [0.1, 0.15) is 11.1 Å². The van der Waals surface area contributed by atoms with Crippen molar-refractivity contribution in [3.8, 4) is 0 Å². The minimum absolute atomic E-state index is 0.0979. The van der Waals surface area contributed by atoms with E-state index in [9.17, 15) is 19.8 Å². The van der Waals surface area contributed by atoms with Gasteiger partial charge in [0.25, 0.3) is 5.91 Å². The Labute approximate surface area is 157 Å². The van der Waals surface area contributed by atoms with Crippen molar-refractivity contribution in [3.05, 3.63) is 71.8 Å². The second kappa shape index (κ2) is 9.82. The van der Waals surface area contributed by atoms with Gasteiger partial charge in [-0.2, -0.15) is 0 Å². The Balaban J connectivity index is 2.03. The van der Waals surface area contributed by atoms with Gasteiger partial charge in [-0.1, -0.05) is 60.7 Å². The number of rotatable bonds is 9. The number of benzene rings is 2. The zero-order valence-corrected chi connectivity index (χ0v) is 14.7. The average molecular weight is 372 g/mol. The van der Waals surface area contributed by atoms with Crippen LogP contribution in [-0.4, -0.2) is 51.5 Å². The highest BCUT2D eigenvalue weighted by Crippen LogP contribution is 2.09. The van der Waals surface area contributed by atoms with E-state index >= 15 is 0 Å². The Morgan fingerprint density at radius 3 is 1.81 bits per heavy atom. The largest absolute Gasteiger partial charge is 0.479 e. The van der Waals surface area contributed by atoms with Crippen LogP contribution in [0.2, 0.25) is 0 Å². The summed E-state index contributed by atoms with van der Waals surface area (Å²) < 4.78 is 0. The van der Waals surface area contributed by atoms with Gasteiger partial charge in [-0.3, -0.25) is 4.79 Å². The topological polar surface area (TPSA) is 133 Å². The molecule has 2 aromatic carbocycles. The molecule has 6 N–H and O–H groups in total. The van der Waals surface area contributed by atoms with Crippen molar-refractivity contribution >= 4 is 11.9 Å². The van der Waals surface area contributed by atoms with E-state index in [2.05, 4.69) is 5.32 Å². The summed E-state index contributed by atoms with van der Waals surface area (Å²) in [7, 11) is 0. The van der Waals surface area contributed by atoms with Gasteiger partial charge in [0.15, 0.2) is 6.10 Å². The van der Waals surface area contributed by atoms with Crippen molar-refractivity contribution < 1.29 is 24.9 Å². The zero-order valence-electron chi connectivity index (χ0n) is 14.7. The number of amides is 1. The summed E-state index contributed by atoms with van der Waals surface area (Å²) >= 11 is 0. The van der Waals surface area contributed by atoms with Crippen molar-refractivity contribution in [1.82, 2.24) is 5.32 Å². The summed E-state index contributed by atoms with van der Waals surface area (Å²) in [6, 6.07) is 16.0. The second-order valence-electron chi connectivity index (χ2n) is 6.39. The van der Waals surface area contributed by atoms with Gasteiger partial charge < -0.3 is 26.4 Å². The molecule has 0 spiro atoms. The Morgan fingerprint density at radius 2 is 1.33 bits per heavy atom. The van der Waals surface area contributed by atoms with E-state index < -0.39 is 36.2 Å². The Bertz CT molecular complexity index is 739. The molecule has 0 bridgehead atoms. The van der Waals surface area contributed by atoms with Gasteiger partial charge in [0, 0.05) is 6.04 Å². The van der Waals surface area contributed by atoms with Gasteiger partial charge in [-0.25, -0.2) is 4.79 Å². The molecule has 0 fully saturated rings. The summed E-state index contributed by atoms with van der Waals surface area (Å²) in [6.45, 7) is 0. The molecule has 2 rings (SSSR count). The molecule has 4 atom stereocenters. The van der Waals surface area contributed by atoms with Crippen LogP contribution in [0.15, 0.2) is 60.7 Å². The molecule has 0 aromatic heterocycles. The molecule has 27 heavy (non-hydrogen) atoms. The van der Waals surface area contributed by atoms with Gasteiger partial charge in [0.05, 0.1) is 6.04 Å². The number of hydrogen-bond acceptors (Lipinski definition) is 5. The van der Waals surface area contributed by atoms with Crippen molar-refractivity contribution in [2.45, 2.75) is 37.1 Å². The lowest BCUT2D eigenvalue weighted by Gasteiger charge is -2.25. The number of carboxylic acid groups (broad SMARTS) is 1. The Morgan fingerprint density at radius 1 is 0.852 bits per heavy atom. The van der Waals surface area contributed by atoms with E-state index in [1.54, 1.807) is 30.3 Å². The first-order valence-electron chi connectivity index (χ1n) is 8.61. The maximum atomic E-state index is 12.4. The maximum absolute atomic E-state index is 12.4. The molecule has 1 amide bonds. The molecular formula is C20H24N2O5. The first-order valence-corrected chi connectivity index (χ1v) is 8.61. The molecule has 0 aliphatic heterocycles. The Kier molecular flexibility index (Phi) is 7.48. The highest BCUT2D eigenvalue weighted by molar-refractivity contribution is 5.83. The third-order valence-electron chi connectivity index (χ3n) is 4.25. The first kappa shape index (κ1) is 20.6. The lowest BCUT2D eigenvalue weighted by atomic mass is 9.98. The van der Waals surface area contributed by atoms with Crippen molar-refractivity contribution in [3.63, 3.8) is 0 Å². The van der Waals surface area contributed by atoms with Crippen LogP contribution >= 0.6 is 0 Å². The summed E-state index contributed by atoms with van der Waals surface area (Å²) in [4.78, 5) is 23.5. The van der Waals surface area contributed by atoms with Crippen LogP contribution in [-0.2, 0) is 22.4 Å². The fourth-order valence-corrected chi connectivity index (χ4v) is 2.74. The van der Waals surface area contributed by atoms with Gasteiger partial charge in [0.1, 0.15) is 6.10 Å². The van der Waals surface area contributed by atoms with E-state index in [0.29, 0.717) is 0 Å². The molecule has 0 aliphatic carbocycles. The minimum atomic E-state index is -1.81. The third-order valence-corrected chi connectivity index (χ3v) is 4.25. The molecule has 7 heteroatoms. The molecule has 144 valence electrons. The number of carbonyl (C=O) groups is 2. The summed E-state index contributed by atoms with van der Waals surface area (Å²) in [5.41, 5.74) is 7.53. The number of aliphatic hydroxyl groups is 2. The summed E-state index contributed by atoms with van der Waals surface area (Å²) in [5, 5.41) is 31.7. The smallest absolute Gasteiger partial charge is 0.334 e. The fraction of sp³-hybridized carbons (Fsp3) is 0.300. The minimum Gasteiger partial charge on any atom is -0.479 e. The molecule has 0 saturated carbocycles. The Hall–Kier alpha value is -2.74. The monoisotopic (exact) mass is 372 g/mol. The fourth-order valence-electron chi connectivity index (χ4n) is 2.74. The number of hydrogen-bond donors (Lipinski definition) is 5. The number of aliphatic carboxylic acids is 1. The van der Waals surface area contributed by atoms with E-state index in [4.69, 9.17) is 10.8 Å². The van der Waals surface area contributed by atoms with Gasteiger partial charge >= 0.3 is 5.97 Å². The predicted molar refractivity (Wildman–Crippen MR) is 99.8 cm³/mol. The maximum Gasteiger partial charge on any atom is 0.334 e.